The first-order valence-corrected chi connectivity index (χ1v) is 8.00. The maximum absolute atomic E-state index is 12.1. The lowest BCUT2D eigenvalue weighted by Gasteiger charge is -2.26. The lowest BCUT2D eigenvalue weighted by Crippen LogP contribution is -2.38. The van der Waals surface area contributed by atoms with Gasteiger partial charge < -0.3 is 19.6 Å². The Kier molecular flexibility index (Phi) is 4.19. The summed E-state index contributed by atoms with van der Waals surface area (Å²) in [5.41, 5.74) is 3.49. The molecule has 134 valence electrons. The zero-order chi connectivity index (χ0) is 18.1. The van der Waals surface area contributed by atoms with Crippen LogP contribution in [0.3, 0.4) is 0 Å². The molecule has 2 fully saturated rings. The van der Waals surface area contributed by atoms with Crippen LogP contribution in [0.15, 0.2) is 47.7 Å². The summed E-state index contributed by atoms with van der Waals surface area (Å²) in [5, 5.41) is 19.0. The van der Waals surface area contributed by atoms with Gasteiger partial charge in [-0.2, -0.15) is 9.78 Å². The van der Waals surface area contributed by atoms with Crippen molar-refractivity contribution in [3.05, 3.63) is 58.3 Å². The van der Waals surface area contributed by atoms with Gasteiger partial charge in [0, 0.05) is 12.0 Å². The Morgan fingerprint density at radius 2 is 2.15 bits per heavy atom. The molecule has 2 bridgehead atoms. The zero-order valence-electron chi connectivity index (χ0n) is 13.5. The van der Waals surface area contributed by atoms with Crippen LogP contribution in [0.2, 0.25) is 0 Å². The number of benzene rings is 1. The van der Waals surface area contributed by atoms with Gasteiger partial charge in [-0.05, 0) is 17.1 Å². The Morgan fingerprint density at radius 1 is 1.35 bits per heavy atom. The largest absolute Gasteiger partial charge is 0.389 e. The molecule has 1 aromatic carbocycles. The van der Waals surface area contributed by atoms with Crippen LogP contribution in [0.5, 0.6) is 0 Å². The van der Waals surface area contributed by atoms with Crippen molar-refractivity contribution in [2.45, 2.75) is 24.9 Å². The van der Waals surface area contributed by atoms with E-state index in [4.69, 9.17) is 9.47 Å². The molecule has 2 saturated heterocycles. The highest BCUT2D eigenvalue weighted by atomic mass is 16.7. The third-order valence-corrected chi connectivity index (χ3v) is 4.29. The van der Waals surface area contributed by atoms with Crippen molar-refractivity contribution in [2.75, 3.05) is 6.61 Å². The first-order chi connectivity index (χ1) is 12.6. The second-order valence-corrected chi connectivity index (χ2v) is 5.93. The topological polar surface area (TPSA) is 121 Å². The number of amides is 1. The van der Waals surface area contributed by atoms with Crippen molar-refractivity contribution in [2.24, 2.45) is 5.10 Å². The molecular weight excluding hydrogens is 342 g/mol. The Bertz CT molecular complexity index is 865. The number of nitrogens with zero attached hydrogens (tertiary/aromatic N) is 4. The normalized spacial score (nSPS) is 26.0. The van der Waals surface area contributed by atoms with Crippen molar-refractivity contribution >= 4 is 17.4 Å². The molecular formula is C16H15N5O5. The maximum Gasteiger partial charge on any atom is 0.389 e. The molecule has 1 amide bonds. The minimum Gasteiger partial charge on any atom is -0.358 e. The van der Waals surface area contributed by atoms with Crippen LogP contribution < -0.4 is 5.43 Å². The average Bonchev–Trinajstić information content (AvgIpc) is 3.30. The number of nitrogens with one attached hydrogen (secondary N) is 1. The first kappa shape index (κ1) is 16.4. The third kappa shape index (κ3) is 3.07. The van der Waals surface area contributed by atoms with Crippen molar-refractivity contribution in [1.82, 2.24) is 15.2 Å². The molecule has 0 saturated carbocycles. The fourth-order valence-electron chi connectivity index (χ4n) is 2.99. The van der Waals surface area contributed by atoms with Gasteiger partial charge in [0.05, 0.1) is 29.7 Å². The molecule has 2 aliphatic rings. The molecule has 26 heavy (non-hydrogen) atoms. The van der Waals surface area contributed by atoms with Crippen LogP contribution in [-0.4, -0.2) is 45.3 Å². The van der Waals surface area contributed by atoms with Crippen LogP contribution >= 0.6 is 0 Å². The van der Waals surface area contributed by atoms with Crippen LogP contribution in [0.1, 0.15) is 22.8 Å². The molecule has 3 atom stereocenters. The summed E-state index contributed by atoms with van der Waals surface area (Å²) >= 11 is 0. The van der Waals surface area contributed by atoms with E-state index in [0.717, 1.165) is 0 Å². The molecule has 4 rings (SSSR count). The van der Waals surface area contributed by atoms with Crippen LogP contribution in [-0.2, 0) is 9.47 Å². The standard InChI is InChI=1S/C16H15N5O5/c22-15(10-4-2-1-3-5-10)18-17-11-8-12(13-9-25-16(11)26-13)20-7-6-14(19-20)21(23)24/h1-7,12-13,16H,8-9H2,(H,18,22)/b17-11+/t12-,13-,16-/m1/s1. The smallest absolute Gasteiger partial charge is 0.358 e. The van der Waals surface area contributed by atoms with Crippen molar-refractivity contribution in [3.63, 3.8) is 0 Å². The molecule has 10 nitrogen and oxygen atoms in total. The fourth-order valence-corrected chi connectivity index (χ4v) is 2.99. The molecule has 0 unspecified atom stereocenters. The van der Waals surface area contributed by atoms with Gasteiger partial charge in [0.15, 0.2) is 6.29 Å². The number of hydrogen-bond donors (Lipinski definition) is 1. The number of hydrogen-bond acceptors (Lipinski definition) is 7. The number of nitro groups is 1. The first-order valence-electron chi connectivity index (χ1n) is 8.00. The number of fused-ring (bicyclic) bond motifs is 2. The lowest BCUT2D eigenvalue weighted by molar-refractivity contribution is -0.389. The molecule has 1 aromatic heterocycles. The monoisotopic (exact) mass is 357 g/mol. The molecule has 3 heterocycles. The Labute approximate surface area is 147 Å². The maximum atomic E-state index is 12.1. The molecule has 0 radical (unpaired) electrons. The summed E-state index contributed by atoms with van der Waals surface area (Å²) in [6.45, 7) is 0.328. The van der Waals surface area contributed by atoms with Crippen molar-refractivity contribution in [3.8, 4) is 0 Å². The molecule has 2 aromatic rings. The van der Waals surface area contributed by atoms with E-state index in [-0.39, 0.29) is 23.9 Å². The van der Waals surface area contributed by atoms with Gasteiger partial charge in [0.2, 0.25) is 0 Å². The minimum absolute atomic E-state index is 0.234. The van der Waals surface area contributed by atoms with Crippen LogP contribution in [0, 0.1) is 10.1 Å². The van der Waals surface area contributed by atoms with E-state index in [9.17, 15) is 14.9 Å². The van der Waals surface area contributed by atoms with E-state index in [1.54, 1.807) is 24.3 Å². The van der Waals surface area contributed by atoms with E-state index in [2.05, 4.69) is 15.6 Å². The molecule has 10 heteroatoms. The zero-order valence-corrected chi connectivity index (χ0v) is 13.5. The highest BCUT2D eigenvalue weighted by Gasteiger charge is 2.44. The Morgan fingerprint density at radius 3 is 2.88 bits per heavy atom. The molecule has 1 N–H and O–H groups in total. The number of aromatic nitrogens is 2. The molecule has 0 aliphatic carbocycles. The van der Waals surface area contributed by atoms with E-state index in [0.29, 0.717) is 24.3 Å². The summed E-state index contributed by atoms with van der Waals surface area (Å²) in [4.78, 5) is 22.4. The summed E-state index contributed by atoms with van der Waals surface area (Å²) in [5.74, 6) is -0.577. The predicted molar refractivity (Wildman–Crippen MR) is 88.5 cm³/mol. The van der Waals surface area contributed by atoms with Crippen LogP contribution in [0.25, 0.3) is 0 Å². The Balaban J connectivity index is 1.51. The fraction of sp³-hybridized carbons (Fsp3) is 0.312. The van der Waals surface area contributed by atoms with Gasteiger partial charge in [0.25, 0.3) is 5.91 Å². The number of hydrazone groups is 1. The van der Waals surface area contributed by atoms with E-state index in [1.807, 2.05) is 6.07 Å². The summed E-state index contributed by atoms with van der Waals surface area (Å²) in [6.07, 6.45) is 1.04. The second kappa shape index (κ2) is 6.65. The number of carbonyl (C=O) groups is 1. The SMILES string of the molecule is O=C(N/N=C1\C[C@@H](n2ccc([N+](=O)[O-])n2)[C@H]2CO[C@@H]1O2)c1ccccc1. The summed E-state index contributed by atoms with van der Waals surface area (Å²) in [7, 11) is 0. The van der Waals surface area contributed by atoms with Crippen LogP contribution in [0.4, 0.5) is 5.82 Å². The van der Waals surface area contributed by atoms with E-state index < -0.39 is 11.2 Å². The van der Waals surface area contributed by atoms with Crippen molar-refractivity contribution < 1.29 is 19.2 Å². The van der Waals surface area contributed by atoms with Gasteiger partial charge in [-0.3, -0.25) is 4.79 Å². The van der Waals surface area contributed by atoms with Gasteiger partial charge in [-0.1, -0.05) is 18.2 Å². The van der Waals surface area contributed by atoms with Gasteiger partial charge >= 0.3 is 5.82 Å². The number of carbonyl (C=O) groups excluding carboxylic acids is 1. The quantitative estimate of drug-likeness (QED) is 0.649. The highest BCUT2D eigenvalue weighted by molar-refractivity contribution is 5.96. The lowest BCUT2D eigenvalue weighted by atomic mass is 10.0. The van der Waals surface area contributed by atoms with Gasteiger partial charge in [0.1, 0.15) is 12.1 Å². The molecule has 0 spiro atoms. The highest BCUT2D eigenvalue weighted by Crippen LogP contribution is 2.33. The second-order valence-electron chi connectivity index (χ2n) is 5.93. The van der Waals surface area contributed by atoms with Gasteiger partial charge in [-0.25, -0.2) is 5.43 Å². The number of ether oxygens (including phenoxy) is 2. The van der Waals surface area contributed by atoms with E-state index in [1.165, 1.54) is 16.9 Å². The summed E-state index contributed by atoms with van der Waals surface area (Å²) in [6, 6.07) is 9.73. The van der Waals surface area contributed by atoms with Gasteiger partial charge in [-0.15, -0.1) is 0 Å². The summed E-state index contributed by atoms with van der Waals surface area (Å²) < 4.78 is 12.8. The minimum atomic E-state index is -0.627. The average molecular weight is 357 g/mol. The number of rotatable bonds is 4. The predicted octanol–water partition coefficient (Wildman–Crippen LogP) is 1.26. The van der Waals surface area contributed by atoms with E-state index >= 15 is 0 Å². The molecule has 2 aliphatic heterocycles. The third-order valence-electron chi connectivity index (χ3n) is 4.29. The van der Waals surface area contributed by atoms with Crippen molar-refractivity contribution in [1.29, 1.82) is 0 Å². The Hall–Kier alpha value is -3.11.